The first kappa shape index (κ1) is 9.79. The number of ether oxygens (including phenoxy) is 1. The van der Waals surface area contributed by atoms with E-state index in [9.17, 15) is 9.90 Å². The lowest BCUT2D eigenvalue weighted by molar-refractivity contribution is -0.114. The summed E-state index contributed by atoms with van der Waals surface area (Å²) in [7, 11) is 0. The van der Waals surface area contributed by atoms with E-state index in [1.54, 1.807) is 12.1 Å². The summed E-state index contributed by atoms with van der Waals surface area (Å²) >= 11 is 0. The lowest BCUT2D eigenvalue weighted by Crippen LogP contribution is -2.06. The maximum Gasteiger partial charge on any atom is 0.221 e. The van der Waals surface area contributed by atoms with Crippen LogP contribution in [0.3, 0.4) is 0 Å². The van der Waals surface area contributed by atoms with Gasteiger partial charge >= 0.3 is 0 Å². The molecule has 2 rings (SSSR count). The molecule has 5 heteroatoms. The second-order valence-corrected chi connectivity index (χ2v) is 3.49. The molecular formula is C10H12N2O3. The second kappa shape index (κ2) is 3.43. The number of hydrogen-bond donors (Lipinski definition) is 3. The maximum atomic E-state index is 10.9. The van der Waals surface area contributed by atoms with Crippen molar-refractivity contribution in [2.45, 2.75) is 13.0 Å². The zero-order valence-electron chi connectivity index (χ0n) is 8.28. The molecule has 0 saturated carbocycles. The van der Waals surface area contributed by atoms with E-state index in [1.165, 1.54) is 6.92 Å². The Morgan fingerprint density at radius 1 is 1.67 bits per heavy atom. The van der Waals surface area contributed by atoms with Crippen molar-refractivity contribution in [2.75, 3.05) is 17.7 Å². The number of nitrogens with one attached hydrogen (secondary N) is 1. The Kier molecular flexibility index (Phi) is 2.24. The van der Waals surface area contributed by atoms with Crippen molar-refractivity contribution in [1.29, 1.82) is 0 Å². The number of nitrogen functional groups attached to an aromatic ring is 1. The fourth-order valence-electron chi connectivity index (χ4n) is 1.62. The van der Waals surface area contributed by atoms with Gasteiger partial charge < -0.3 is 20.9 Å². The van der Waals surface area contributed by atoms with Crippen LogP contribution in [0.15, 0.2) is 12.1 Å². The summed E-state index contributed by atoms with van der Waals surface area (Å²) in [6, 6.07) is 3.28. The highest BCUT2D eigenvalue weighted by molar-refractivity contribution is 5.90. The highest BCUT2D eigenvalue weighted by Gasteiger charge is 2.24. The van der Waals surface area contributed by atoms with Crippen molar-refractivity contribution in [3.05, 3.63) is 17.7 Å². The van der Waals surface area contributed by atoms with Gasteiger partial charge in [-0.25, -0.2) is 0 Å². The van der Waals surface area contributed by atoms with Gasteiger partial charge in [-0.15, -0.1) is 0 Å². The molecule has 1 atom stereocenters. The van der Waals surface area contributed by atoms with Gasteiger partial charge in [-0.05, 0) is 12.1 Å². The number of aliphatic hydroxyl groups excluding tert-OH is 1. The minimum absolute atomic E-state index is 0.178. The van der Waals surface area contributed by atoms with Gasteiger partial charge in [-0.1, -0.05) is 0 Å². The molecule has 0 aliphatic carbocycles. The third-order valence-corrected chi connectivity index (χ3v) is 2.21. The maximum absolute atomic E-state index is 10.9. The third-order valence-electron chi connectivity index (χ3n) is 2.21. The summed E-state index contributed by atoms with van der Waals surface area (Å²) in [4.78, 5) is 10.9. The minimum atomic E-state index is -0.670. The molecule has 15 heavy (non-hydrogen) atoms. The number of carbonyl (C=O) groups excluding carboxylic acids is 1. The van der Waals surface area contributed by atoms with Crippen molar-refractivity contribution < 1.29 is 14.6 Å². The first-order chi connectivity index (χ1) is 7.08. The second-order valence-electron chi connectivity index (χ2n) is 3.49. The molecule has 0 saturated heterocycles. The van der Waals surface area contributed by atoms with Crippen molar-refractivity contribution in [1.82, 2.24) is 0 Å². The fourth-order valence-corrected chi connectivity index (χ4v) is 1.62. The van der Waals surface area contributed by atoms with Crippen molar-refractivity contribution in [3.63, 3.8) is 0 Å². The lowest BCUT2D eigenvalue weighted by atomic mass is 10.1. The van der Waals surface area contributed by atoms with E-state index in [0.717, 1.165) is 0 Å². The van der Waals surface area contributed by atoms with E-state index < -0.39 is 6.10 Å². The molecule has 1 aliphatic rings. The summed E-state index contributed by atoms with van der Waals surface area (Å²) in [5, 5.41) is 12.2. The highest BCUT2D eigenvalue weighted by atomic mass is 16.5. The molecule has 0 radical (unpaired) electrons. The Morgan fingerprint density at radius 3 is 3.07 bits per heavy atom. The van der Waals surface area contributed by atoms with Gasteiger partial charge in [0.25, 0.3) is 0 Å². The molecule has 5 nitrogen and oxygen atoms in total. The molecule has 4 N–H and O–H groups in total. The quantitative estimate of drug-likeness (QED) is 0.592. The van der Waals surface area contributed by atoms with Crippen LogP contribution in [0.5, 0.6) is 5.75 Å². The van der Waals surface area contributed by atoms with Gasteiger partial charge in [0.05, 0.1) is 5.69 Å². The van der Waals surface area contributed by atoms with Crippen LogP contribution in [0.1, 0.15) is 18.6 Å². The van der Waals surface area contributed by atoms with E-state index in [4.69, 9.17) is 10.5 Å². The third kappa shape index (κ3) is 1.73. The predicted octanol–water partition coefficient (Wildman–Crippen LogP) is 0.653. The Labute approximate surface area is 86.8 Å². The van der Waals surface area contributed by atoms with Gasteiger partial charge in [0.1, 0.15) is 18.5 Å². The zero-order valence-corrected chi connectivity index (χ0v) is 8.28. The van der Waals surface area contributed by atoms with Crippen molar-refractivity contribution in [3.8, 4) is 5.75 Å². The average molecular weight is 208 g/mol. The number of amides is 1. The topological polar surface area (TPSA) is 84.6 Å². The summed E-state index contributed by atoms with van der Waals surface area (Å²) in [6.07, 6.45) is -0.670. The van der Waals surface area contributed by atoms with Crippen LogP contribution in [-0.4, -0.2) is 17.6 Å². The van der Waals surface area contributed by atoms with Gasteiger partial charge in [0, 0.05) is 18.2 Å². The normalized spacial score (nSPS) is 18.1. The van der Waals surface area contributed by atoms with E-state index in [1.807, 2.05) is 0 Å². The van der Waals surface area contributed by atoms with Gasteiger partial charge in [-0.2, -0.15) is 0 Å². The molecular weight excluding hydrogens is 196 g/mol. The number of anilines is 2. The molecule has 0 unspecified atom stereocenters. The van der Waals surface area contributed by atoms with E-state index >= 15 is 0 Å². The first-order valence-corrected chi connectivity index (χ1v) is 4.60. The number of fused-ring (bicyclic) bond motifs is 1. The fraction of sp³-hybridized carbons (Fsp3) is 0.300. The van der Waals surface area contributed by atoms with Gasteiger partial charge in [0.2, 0.25) is 5.91 Å². The van der Waals surface area contributed by atoms with Crippen LogP contribution in [0, 0.1) is 0 Å². The molecule has 1 amide bonds. The number of rotatable bonds is 1. The number of hydrogen-bond acceptors (Lipinski definition) is 4. The Bertz CT molecular complexity index is 417. The van der Waals surface area contributed by atoms with Gasteiger partial charge in [0.15, 0.2) is 0 Å². The number of carbonyl (C=O) groups is 1. The summed E-state index contributed by atoms with van der Waals surface area (Å²) in [6.45, 7) is 1.62. The summed E-state index contributed by atoms with van der Waals surface area (Å²) in [5.41, 5.74) is 7.34. The molecule has 80 valence electrons. The van der Waals surface area contributed by atoms with Crippen LogP contribution < -0.4 is 15.8 Å². The Morgan fingerprint density at radius 2 is 2.40 bits per heavy atom. The zero-order chi connectivity index (χ0) is 11.0. The van der Waals surface area contributed by atoms with E-state index in [2.05, 4.69) is 5.32 Å². The molecule has 0 bridgehead atoms. The van der Waals surface area contributed by atoms with Crippen LogP contribution >= 0.6 is 0 Å². The van der Waals surface area contributed by atoms with E-state index in [-0.39, 0.29) is 12.5 Å². The largest absolute Gasteiger partial charge is 0.488 e. The molecule has 1 aromatic rings. The Hall–Kier alpha value is -1.75. The number of nitrogens with two attached hydrogens (primary N) is 1. The van der Waals surface area contributed by atoms with Crippen molar-refractivity contribution in [2.24, 2.45) is 0 Å². The molecule has 1 heterocycles. The average Bonchev–Trinajstić information content (AvgIpc) is 2.47. The van der Waals surface area contributed by atoms with Crippen LogP contribution in [0.2, 0.25) is 0 Å². The smallest absolute Gasteiger partial charge is 0.221 e. The molecule has 0 spiro atoms. The van der Waals surface area contributed by atoms with Crippen LogP contribution in [0.25, 0.3) is 0 Å². The highest BCUT2D eigenvalue weighted by Crippen LogP contribution is 2.39. The van der Waals surface area contributed by atoms with Crippen LogP contribution in [0.4, 0.5) is 11.4 Å². The number of aliphatic hydroxyl groups is 1. The SMILES string of the molecule is CC(=O)Nc1cc(N)c2c(c1)[C@H](O)CO2. The summed E-state index contributed by atoms with van der Waals surface area (Å²) < 4.78 is 5.21. The lowest BCUT2D eigenvalue weighted by Gasteiger charge is -2.08. The van der Waals surface area contributed by atoms with Gasteiger partial charge in [-0.3, -0.25) is 4.79 Å². The number of benzene rings is 1. The Balaban J connectivity index is 2.41. The van der Waals surface area contributed by atoms with Crippen molar-refractivity contribution >= 4 is 17.3 Å². The first-order valence-electron chi connectivity index (χ1n) is 4.60. The molecule has 1 aliphatic heterocycles. The molecule has 0 aromatic heterocycles. The standard InChI is InChI=1S/C10H12N2O3/c1-5(13)12-6-2-7-9(14)4-15-10(7)8(11)3-6/h2-3,9,14H,4,11H2,1H3,(H,12,13)/t9-/m1/s1. The van der Waals surface area contributed by atoms with E-state index in [0.29, 0.717) is 22.7 Å². The molecule has 1 aromatic carbocycles. The molecule has 0 fully saturated rings. The minimum Gasteiger partial charge on any atom is -0.488 e. The summed E-state index contributed by atoms with van der Waals surface area (Å²) in [5.74, 6) is 0.333. The monoisotopic (exact) mass is 208 g/mol. The van der Waals surface area contributed by atoms with Crippen LogP contribution in [-0.2, 0) is 4.79 Å². The predicted molar refractivity (Wildman–Crippen MR) is 55.6 cm³/mol.